The van der Waals surface area contributed by atoms with Crippen molar-refractivity contribution in [2.75, 3.05) is 6.61 Å². The Morgan fingerprint density at radius 1 is 1.33 bits per heavy atom. The maximum absolute atomic E-state index is 11.6. The minimum absolute atomic E-state index is 0.104. The first-order chi connectivity index (χ1) is 8.45. The molecule has 0 saturated carbocycles. The second-order valence-electron chi connectivity index (χ2n) is 3.81. The maximum Gasteiger partial charge on any atom is 0.338 e. The van der Waals surface area contributed by atoms with Gasteiger partial charge in [0.05, 0.1) is 17.1 Å². The Bertz CT molecular complexity index is 511. The van der Waals surface area contributed by atoms with Gasteiger partial charge in [-0.25, -0.2) is 13.2 Å². The minimum Gasteiger partial charge on any atom is -0.462 e. The lowest BCUT2D eigenvalue weighted by Gasteiger charge is -2.05. The van der Waals surface area contributed by atoms with Gasteiger partial charge in [-0.1, -0.05) is 25.8 Å². The molecule has 0 saturated heterocycles. The van der Waals surface area contributed by atoms with Crippen LogP contribution >= 0.6 is 10.7 Å². The molecule has 0 aromatic heterocycles. The van der Waals surface area contributed by atoms with Gasteiger partial charge < -0.3 is 4.74 Å². The average molecular weight is 291 g/mol. The molecule has 0 radical (unpaired) electrons. The van der Waals surface area contributed by atoms with Crippen LogP contribution < -0.4 is 0 Å². The number of hydrogen-bond donors (Lipinski definition) is 0. The van der Waals surface area contributed by atoms with E-state index < -0.39 is 15.0 Å². The first-order valence-corrected chi connectivity index (χ1v) is 7.98. The fourth-order valence-corrected chi connectivity index (χ4v) is 2.17. The van der Waals surface area contributed by atoms with Crippen molar-refractivity contribution in [2.24, 2.45) is 0 Å². The number of unbranched alkanes of at least 4 members (excludes halogenated alkanes) is 2. The lowest BCUT2D eigenvalue weighted by molar-refractivity contribution is 0.0498. The van der Waals surface area contributed by atoms with E-state index in [0.29, 0.717) is 6.61 Å². The Balaban J connectivity index is 2.69. The second-order valence-corrected chi connectivity index (χ2v) is 6.37. The van der Waals surface area contributed by atoms with E-state index in [-0.39, 0.29) is 10.5 Å². The number of esters is 1. The molecule has 18 heavy (non-hydrogen) atoms. The molecule has 0 amide bonds. The van der Waals surface area contributed by atoms with E-state index in [1.54, 1.807) is 0 Å². The van der Waals surface area contributed by atoms with Gasteiger partial charge >= 0.3 is 5.97 Å². The van der Waals surface area contributed by atoms with Crippen LogP contribution in [0, 0.1) is 0 Å². The van der Waals surface area contributed by atoms with E-state index in [2.05, 4.69) is 6.92 Å². The molecule has 1 aromatic rings. The highest BCUT2D eigenvalue weighted by atomic mass is 35.7. The fourth-order valence-electron chi connectivity index (χ4n) is 1.37. The average Bonchev–Trinajstić information content (AvgIpc) is 2.33. The van der Waals surface area contributed by atoms with Gasteiger partial charge in [-0.15, -0.1) is 0 Å². The molecule has 6 heteroatoms. The zero-order valence-corrected chi connectivity index (χ0v) is 11.6. The third-order valence-corrected chi connectivity index (χ3v) is 3.68. The van der Waals surface area contributed by atoms with E-state index >= 15 is 0 Å². The van der Waals surface area contributed by atoms with Gasteiger partial charge in [0.2, 0.25) is 0 Å². The summed E-state index contributed by atoms with van der Waals surface area (Å²) < 4.78 is 27.3. The van der Waals surface area contributed by atoms with Gasteiger partial charge in [0.25, 0.3) is 9.05 Å². The molecular weight excluding hydrogens is 276 g/mol. The number of hydrogen-bond acceptors (Lipinski definition) is 4. The summed E-state index contributed by atoms with van der Waals surface area (Å²) in [5.41, 5.74) is 0.188. The lowest BCUT2D eigenvalue weighted by atomic mass is 10.2. The fraction of sp³-hybridized carbons (Fsp3) is 0.417. The molecule has 1 aromatic carbocycles. The Morgan fingerprint density at radius 2 is 2.06 bits per heavy atom. The van der Waals surface area contributed by atoms with E-state index in [1.807, 2.05) is 0 Å². The van der Waals surface area contributed by atoms with E-state index in [1.165, 1.54) is 24.3 Å². The molecule has 0 N–H and O–H groups in total. The van der Waals surface area contributed by atoms with Gasteiger partial charge in [-0.05, 0) is 24.6 Å². The predicted molar refractivity (Wildman–Crippen MR) is 69.3 cm³/mol. The summed E-state index contributed by atoms with van der Waals surface area (Å²) in [6, 6.07) is 5.49. The van der Waals surface area contributed by atoms with Crippen LogP contribution in [0.15, 0.2) is 29.2 Å². The molecule has 0 aliphatic rings. The van der Waals surface area contributed by atoms with Gasteiger partial charge in [0.15, 0.2) is 0 Å². The minimum atomic E-state index is -3.82. The number of halogens is 1. The number of benzene rings is 1. The number of carbonyl (C=O) groups excluding carboxylic acids is 1. The molecule has 0 bridgehead atoms. The quantitative estimate of drug-likeness (QED) is 0.459. The lowest BCUT2D eigenvalue weighted by Crippen LogP contribution is -2.07. The summed E-state index contributed by atoms with van der Waals surface area (Å²) in [4.78, 5) is 11.5. The number of rotatable bonds is 6. The largest absolute Gasteiger partial charge is 0.462 e. The first kappa shape index (κ1) is 15.0. The molecule has 0 atom stereocenters. The van der Waals surface area contributed by atoms with Gasteiger partial charge in [0.1, 0.15) is 0 Å². The normalized spacial score (nSPS) is 11.2. The van der Waals surface area contributed by atoms with Gasteiger partial charge in [-0.3, -0.25) is 0 Å². The van der Waals surface area contributed by atoms with Crippen LogP contribution in [-0.2, 0) is 13.8 Å². The summed E-state index contributed by atoms with van der Waals surface area (Å²) in [7, 11) is 1.38. The third kappa shape index (κ3) is 4.66. The standard InChI is InChI=1S/C12H15ClO4S/c1-2-3-4-8-17-12(14)10-6-5-7-11(9-10)18(13,15)16/h5-7,9H,2-4,8H2,1H3. The molecule has 0 unspecified atom stereocenters. The summed E-state index contributed by atoms with van der Waals surface area (Å²) >= 11 is 0. The summed E-state index contributed by atoms with van der Waals surface area (Å²) in [5.74, 6) is -0.534. The molecule has 0 fully saturated rings. The highest BCUT2D eigenvalue weighted by Gasteiger charge is 2.13. The molecule has 0 spiro atoms. The Labute approximate surface area is 111 Å². The zero-order valence-electron chi connectivity index (χ0n) is 10.1. The highest BCUT2D eigenvalue weighted by molar-refractivity contribution is 8.13. The summed E-state index contributed by atoms with van der Waals surface area (Å²) in [5, 5.41) is 0. The molecule has 0 aliphatic carbocycles. The van der Waals surface area contributed by atoms with Crippen molar-refractivity contribution >= 4 is 25.7 Å². The van der Waals surface area contributed by atoms with E-state index in [9.17, 15) is 13.2 Å². The second kappa shape index (κ2) is 6.75. The highest BCUT2D eigenvalue weighted by Crippen LogP contribution is 2.16. The molecular formula is C12H15ClO4S. The van der Waals surface area contributed by atoms with Crippen LogP contribution in [0.25, 0.3) is 0 Å². The van der Waals surface area contributed by atoms with Crippen LogP contribution in [0.4, 0.5) is 0 Å². The smallest absolute Gasteiger partial charge is 0.338 e. The van der Waals surface area contributed by atoms with Gasteiger partial charge in [-0.2, -0.15) is 0 Å². The van der Waals surface area contributed by atoms with Crippen LogP contribution in [-0.4, -0.2) is 21.0 Å². The molecule has 0 heterocycles. The predicted octanol–water partition coefficient (Wildman–Crippen LogP) is 2.96. The van der Waals surface area contributed by atoms with Crippen molar-refractivity contribution in [1.29, 1.82) is 0 Å². The third-order valence-electron chi connectivity index (χ3n) is 2.33. The Morgan fingerprint density at radius 3 is 2.67 bits per heavy atom. The summed E-state index contributed by atoms with van der Waals surface area (Å²) in [6.07, 6.45) is 2.83. The van der Waals surface area contributed by atoms with Crippen LogP contribution in [0.1, 0.15) is 36.5 Å². The van der Waals surface area contributed by atoms with Crippen LogP contribution in [0.2, 0.25) is 0 Å². The van der Waals surface area contributed by atoms with Crippen molar-refractivity contribution in [3.8, 4) is 0 Å². The number of ether oxygens (including phenoxy) is 1. The monoisotopic (exact) mass is 290 g/mol. The molecule has 4 nitrogen and oxygen atoms in total. The zero-order chi connectivity index (χ0) is 13.6. The van der Waals surface area contributed by atoms with Crippen LogP contribution in [0.5, 0.6) is 0 Å². The van der Waals surface area contributed by atoms with Crippen molar-refractivity contribution in [2.45, 2.75) is 31.1 Å². The summed E-state index contributed by atoms with van der Waals surface area (Å²) in [6.45, 7) is 2.39. The van der Waals surface area contributed by atoms with E-state index in [4.69, 9.17) is 15.4 Å². The van der Waals surface area contributed by atoms with Crippen molar-refractivity contribution in [3.05, 3.63) is 29.8 Å². The Hall–Kier alpha value is -1.07. The molecule has 0 aliphatic heterocycles. The topological polar surface area (TPSA) is 60.4 Å². The van der Waals surface area contributed by atoms with Crippen LogP contribution in [0.3, 0.4) is 0 Å². The number of carbonyl (C=O) groups is 1. The van der Waals surface area contributed by atoms with Gasteiger partial charge in [0, 0.05) is 10.7 Å². The van der Waals surface area contributed by atoms with Crippen molar-refractivity contribution in [1.82, 2.24) is 0 Å². The maximum atomic E-state index is 11.6. The SMILES string of the molecule is CCCCCOC(=O)c1cccc(S(=O)(=O)Cl)c1. The molecule has 100 valence electrons. The van der Waals surface area contributed by atoms with E-state index in [0.717, 1.165) is 19.3 Å². The molecule has 1 rings (SSSR count). The Kier molecular flexibility index (Phi) is 5.62. The van der Waals surface area contributed by atoms with Crippen molar-refractivity contribution in [3.63, 3.8) is 0 Å². The first-order valence-electron chi connectivity index (χ1n) is 5.67. The van der Waals surface area contributed by atoms with Crippen molar-refractivity contribution < 1.29 is 17.9 Å².